The van der Waals surface area contributed by atoms with Gasteiger partial charge in [-0.2, -0.15) is 0 Å². The first-order valence-corrected chi connectivity index (χ1v) is 12.3. The number of fused-ring (bicyclic) bond motifs is 3. The number of hydrogen-bond donors (Lipinski definition) is 0. The van der Waals surface area contributed by atoms with Crippen LogP contribution < -0.4 is 0 Å². The van der Waals surface area contributed by atoms with E-state index >= 15 is 0 Å². The maximum atomic E-state index is 13.5. The predicted octanol–water partition coefficient (Wildman–Crippen LogP) is 3.71. The number of carbonyl (C=O) groups excluding carboxylic acids is 2. The van der Waals surface area contributed by atoms with Crippen LogP contribution in [0.5, 0.6) is 0 Å². The van der Waals surface area contributed by atoms with Crippen LogP contribution >= 0.6 is 0 Å². The molecule has 32 heavy (non-hydrogen) atoms. The Morgan fingerprint density at radius 1 is 1.06 bits per heavy atom. The van der Waals surface area contributed by atoms with Gasteiger partial charge in [-0.05, 0) is 52.3 Å². The summed E-state index contributed by atoms with van der Waals surface area (Å²) in [5.41, 5.74) is 0.533. The molecule has 0 N–H and O–H groups in total. The van der Waals surface area contributed by atoms with Crippen molar-refractivity contribution in [3.05, 3.63) is 35.9 Å². The van der Waals surface area contributed by atoms with Gasteiger partial charge in [-0.25, -0.2) is 9.59 Å². The van der Waals surface area contributed by atoms with Crippen LogP contribution in [0.2, 0.25) is 0 Å². The lowest BCUT2D eigenvalue weighted by Gasteiger charge is -2.51. The van der Waals surface area contributed by atoms with E-state index in [0.717, 1.165) is 64.0 Å². The van der Waals surface area contributed by atoms with Crippen LogP contribution in [-0.4, -0.2) is 72.3 Å². The maximum Gasteiger partial charge on any atom is 0.362 e. The normalized spacial score (nSPS) is 29.3. The van der Waals surface area contributed by atoms with Gasteiger partial charge in [0.2, 0.25) is 0 Å². The van der Waals surface area contributed by atoms with Gasteiger partial charge in [0, 0.05) is 18.8 Å². The van der Waals surface area contributed by atoms with Gasteiger partial charge in [-0.1, -0.05) is 36.8 Å². The van der Waals surface area contributed by atoms with Crippen molar-refractivity contribution in [1.29, 1.82) is 0 Å². The topological polar surface area (TPSA) is 55.8 Å². The minimum Gasteiger partial charge on any atom is -0.456 e. The first-order valence-electron chi connectivity index (χ1n) is 12.3. The average molecular weight is 444 g/mol. The summed E-state index contributed by atoms with van der Waals surface area (Å²) < 4.78 is 12.5. The van der Waals surface area contributed by atoms with Crippen LogP contribution in [0.25, 0.3) is 0 Å². The molecule has 4 heterocycles. The Kier molecular flexibility index (Phi) is 6.91. The van der Waals surface area contributed by atoms with Crippen LogP contribution in [0.3, 0.4) is 0 Å². The summed E-state index contributed by atoms with van der Waals surface area (Å²) in [5, 5.41) is 0. The highest BCUT2D eigenvalue weighted by Crippen LogP contribution is 2.37. The van der Waals surface area contributed by atoms with Gasteiger partial charge >= 0.3 is 11.9 Å². The van der Waals surface area contributed by atoms with Crippen LogP contribution in [0.1, 0.15) is 64.5 Å². The minimum absolute atomic E-state index is 0.122. The largest absolute Gasteiger partial charge is 0.456 e. The molecule has 4 aliphatic rings. The second-order valence-corrected chi connectivity index (χ2v) is 10.9. The molecule has 6 nitrogen and oxygen atoms in total. The number of rotatable bonds is 6. The summed E-state index contributed by atoms with van der Waals surface area (Å²) in [5.74, 6) is 0.112. The molecule has 0 aromatic heterocycles. The molecule has 0 amide bonds. The maximum absolute atomic E-state index is 13.5. The van der Waals surface area contributed by atoms with E-state index in [4.69, 9.17) is 9.47 Å². The number of piperidine rings is 4. The molecule has 0 saturated carbocycles. The average Bonchev–Trinajstić information content (AvgIpc) is 2.74. The van der Waals surface area contributed by atoms with E-state index in [2.05, 4.69) is 4.90 Å². The van der Waals surface area contributed by atoms with E-state index < -0.39 is 5.60 Å². The minimum atomic E-state index is -0.479. The van der Waals surface area contributed by atoms with Crippen molar-refractivity contribution in [3.8, 4) is 0 Å². The first-order chi connectivity index (χ1) is 15.2. The first kappa shape index (κ1) is 23.2. The fourth-order valence-corrected chi connectivity index (χ4v) is 5.75. The smallest absolute Gasteiger partial charge is 0.362 e. The van der Waals surface area contributed by atoms with Crippen LogP contribution in [0.4, 0.5) is 0 Å². The van der Waals surface area contributed by atoms with Crippen molar-refractivity contribution in [2.45, 2.75) is 70.6 Å². The Morgan fingerprint density at radius 3 is 2.34 bits per heavy atom. The number of benzene rings is 1. The van der Waals surface area contributed by atoms with Gasteiger partial charge < -0.3 is 14.0 Å². The number of nitrogens with zero attached hydrogens (tertiary/aromatic N) is 2. The van der Waals surface area contributed by atoms with Gasteiger partial charge in [0.15, 0.2) is 12.6 Å². The Bertz CT molecular complexity index is 790. The quantitative estimate of drug-likeness (QED) is 0.496. The molecule has 4 aliphatic heterocycles. The second kappa shape index (κ2) is 9.52. The molecule has 0 spiro atoms. The number of ether oxygens (including phenoxy) is 2. The fraction of sp³-hybridized carbons (Fsp3) is 0.692. The van der Waals surface area contributed by atoms with Gasteiger partial charge in [-0.15, -0.1) is 0 Å². The molecular formula is C26H39N2O4+. The van der Waals surface area contributed by atoms with Crippen LogP contribution in [0, 0.1) is 5.92 Å². The van der Waals surface area contributed by atoms with E-state index in [1.54, 1.807) is 0 Å². The third-order valence-corrected chi connectivity index (χ3v) is 7.29. The van der Waals surface area contributed by atoms with Gasteiger partial charge in [0.1, 0.15) is 18.2 Å². The summed E-state index contributed by atoms with van der Waals surface area (Å²) >= 11 is 0. The highest BCUT2D eigenvalue weighted by Gasteiger charge is 2.49. The number of esters is 2. The molecule has 6 heteroatoms. The summed E-state index contributed by atoms with van der Waals surface area (Å²) in [6.07, 6.45) is 5.35. The van der Waals surface area contributed by atoms with E-state index in [-0.39, 0.29) is 24.1 Å². The number of quaternary nitrogens is 1. The lowest BCUT2D eigenvalue weighted by Crippen LogP contribution is -2.66. The molecule has 1 aromatic rings. The Hall–Kier alpha value is -1.92. The summed E-state index contributed by atoms with van der Waals surface area (Å²) in [4.78, 5) is 28.4. The highest BCUT2D eigenvalue weighted by atomic mass is 16.6. The van der Waals surface area contributed by atoms with Crippen molar-refractivity contribution < 1.29 is 23.5 Å². The zero-order valence-corrected chi connectivity index (χ0v) is 19.9. The third kappa shape index (κ3) is 5.52. The summed E-state index contributed by atoms with van der Waals surface area (Å²) in [6, 6.07) is 9.71. The lowest BCUT2D eigenvalue weighted by molar-refractivity contribution is -0.939. The highest BCUT2D eigenvalue weighted by molar-refractivity contribution is 5.78. The zero-order valence-electron chi connectivity index (χ0n) is 19.9. The van der Waals surface area contributed by atoms with E-state index in [9.17, 15) is 9.59 Å². The third-order valence-electron chi connectivity index (χ3n) is 7.29. The molecular weight excluding hydrogens is 404 g/mol. The molecule has 0 radical (unpaired) electrons. The molecule has 4 fully saturated rings. The van der Waals surface area contributed by atoms with Crippen molar-refractivity contribution in [1.82, 2.24) is 4.90 Å². The summed E-state index contributed by atoms with van der Waals surface area (Å²) in [7, 11) is 0. The van der Waals surface area contributed by atoms with Gasteiger partial charge in [0.25, 0.3) is 0 Å². The molecule has 2 bridgehead atoms. The Morgan fingerprint density at radius 2 is 1.72 bits per heavy atom. The molecule has 4 saturated heterocycles. The number of hydrogen-bond acceptors (Lipinski definition) is 5. The SMILES string of the molecule is CC(C)(C)OC(=O)C[N+]12CCC(CC1)[C@@H](OC(=O)C(c1ccccc1)N1CCCCC1)C2. The molecule has 2 atom stereocenters. The molecule has 0 aliphatic carbocycles. The van der Waals surface area contributed by atoms with E-state index in [1.165, 1.54) is 6.42 Å². The zero-order chi connectivity index (χ0) is 22.8. The number of carbonyl (C=O) groups is 2. The van der Waals surface area contributed by atoms with Crippen molar-refractivity contribution >= 4 is 11.9 Å². The van der Waals surface area contributed by atoms with Gasteiger partial charge in [-0.3, -0.25) is 4.90 Å². The van der Waals surface area contributed by atoms with Crippen molar-refractivity contribution in [2.75, 3.05) is 39.3 Å². The second-order valence-electron chi connectivity index (χ2n) is 10.9. The van der Waals surface area contributed by atoms with Crippen LogP contribution in [-0.2, 0) is 19.1 Å². The fourth-order valence-electron chi connectivity index (χ4n) is 5.75. The van der Waals surface area contributed by atoms with Crippen molar-refractivity contribution in [2.24, 2.45) is 5.92 Å². The molecule has 5 rings (SSSR count). The van der Waals surface area contributed by atoms with E-state index in [0.29, 0.717) is 16.9 Å². The predicted molar refractivity (Wildman–Crippen MR) is 123 cm³/mol. The monoisotopic (exact) mass is 443 g/mol. The summed E-state index contributed by atoms with van der Waals surface area (Å²) in [6.45, 7) is 10.6. The number of likely N-dealkylation sites (tertiary alicyclic amines) is 1. The van der Waals surface area contributed by atoms with Crippen molar-refractivity contribution in [3.63, 3.8) is 0 Å². The van der Waals surface area contributed by atoms with E-state index in [1.807, 2.05) is 51.1 Å². The standard InChI is InChI=1S/C26H39N2O4/c1-26(2,3)32-23(29)19-28-16-12-20(13-17-28)22(18-28)31-25(30)24(21-10-6-4-7-11-21)27-14-8-5-9-15-27/h4,6-7,10-11,20,22,24H,5,8-9,12-19H2,1-3H3/q+1/t20?,22-,24?,28?/m0/s1. The molecule has 1 unspecified atom stereocenters. The Balaban J connectivity index is 1.46. The van der Waals surface area contributed by atoms with Gasteiger partial charge in [0.05, 0.1) is 13.1 Å². The Labute approximate surface area is 192 Å². The molecule has 1 aromatic carbocycles. The van der Waals surface area contributed by atoms with Crippen LogP contribution in [0.15, 0.2) is 30.3 Å². The lowest BCUT2D eigenvalue weighted by atomic mass is 9.83. The molecule has 176 valence electrons.